The van der Waals surface area contributed by atoms with Crippen molar-refractivity contribution in [3.05, 3.63) is 71.4 Å². The lowest BCUT2D eigenvalue weighted by atomic mass is 10.1. The van der Waals surface area contributed by atoms with Crippen LogP contribution in [-0.2, 0) is 27.7 Å². The number of aromatic nitrogens is 2. The Morgan fingerprint density at radius 3 is 2.33 bits per heavy atom. The van der Waals surface area contributed by atoms with Crippen LogP contribution in [-0.4, -0.2) is 30.5 Å². The third-order valence-corrected chi connectivity index (χ3v) is 6.89. The van der Waals surface area contributed by atoms with Crippen LogP contribution in [0.4, 0.5) is 5.69 Å². The molecule has 0 saturated heterocycles. The molecule has 1 heterocycles. The van der Waals surface area contributed by atoms with Gasteiger partial charge >= 0.3 is 0 Å². The summed E-state index contributed by atoms with van der Waals surface area (Å²) in [7, 11) is -3.45. The Hall–Kier alpha value is -3.04. The lowest BCUT2D eigenvalue weighted by molar-refractivity contribution is -0.116. The minimum atomic E-state index is -3.45. The molecule has 174 valence electrons. The summed E-state index contributed by atoms with van der Waals surface area (Å²) in [5.74, 6) is 1.35. The van der Waals surface area contributed by atoms with Gasteiger partial charge in [0, 0.05) is 30.5 Å². The molecule has 8 nitrogen and oxygen atoms in total. The second-order valence-corrected chi connectivity index (χ2v) is 10.4. The normalized spacial score (nSPS) is 13.9. The number of hydrogen-bond donors (Lipinski definition) is 2. The zero-order valence-electron chi connectivity index (χ0n) is 18.7. The number of sulfonamides is 1. The molecule has 1 aliphatic rings. The summed E-state index contributed by atoms with van der Waals surface area (Å²) in [6.07, 6.45) is 3.18. The second-order valence-electron chi connectivity index (χ2n) is 8.66. The van der Waals surface area contributed by atoms with Gasteiger partial charge in [-0.15, -0.1) is 0 Å². The van der Waals surface area contributed by atoms with E-state index in [1.165, 1.54) is 0 Å². The SMILES string of the molecule is CC(C)c1nc(Cc2ccc(NC(=O)CCc3ccc(S(=O)(=O)NC4CC4)cc3)cc2)no1. The van der Waals surface area contributed by atoms with Crippen LogP contribution in [0.1, 0.15) is 61.9 Å². The fourth-order valence-corrected chi connectivity index (χ4v) is 4.57. The number of nitrogens with zero attached hydrogens (tertiary/aromatic N) is 2. The van der Waals surface area contributed by atoms with E-state index in [0.29, 0.717) is 36.7 Å². The monoisotopic (exact) mass is 468 g/mol. The van der Waals surface area contributed by atoms with Crippen molar-refractivity contribution in [2.75, 3.05) is 5.32 Å². The molecule has 4 rings (SSSR count). The Bertz CT molecular complexity index is 1200. The fourth-order valence-electron chi connectivity index (χ4n) is 3.27. The molecule has 0 atom stereocenters. The summed E-state index contributed by atoms with van der Waals surface area (Å²) >= 11 is 0. The Morgan fingerprint density at radius 2 is 1.73 bits per heavy atom. The standard InChI is InChI=1S/C24H28N4O4S/c1-16(2)24-26-22(27-32-24)15-18-3-8-19(9-4-18)25-23(29)14-7-17-5-12-21(13-6-17)33(30,31)28-20-10-11-20/h3-6,8-9,12-13,16,20,28H,7,10-11,14-15H2,1-2H3,(H,25,29). The van der Waals surface area contributed by atoms with Crippen molar-refractivity contribution in [3.8, 4) is 0 Å². The number of benzene rings is 2. The Morgan fingerprint density at radius 1 is 1.06 bits per heavy atom. The molecule has 0 unspecified atom stereocenters. The average Bonchev–Trinajstić information content (AvgIpc) is 3.46. The summed E-state index contributed by atoms with van der Waals surface area (Å²) in [6, 6.07) is 14.3. The first-order valence-electron chi connectivity index (χ1n) is 11.1. The van der Waals surface area contributed by atoms with Gasteiger partial charge in [-0.25, -0.2) is 13.1 Å². The minimum Gasteiger partial charge on any atom is -0.339 e. The summed E-state index contributed by atoms with van der Waals surface area (Å²) < 4.78 is 32.4. The van der Waals surface area contributed by atoms with Crippen molar-refractivity contribution in [2.24, 2.45) is 0 Å². The predicted octanol–water partition coefficient (Wildman–Crippen LogP) is 3.80. The number of carbonyl (C=O) groups excluding carboxylic acids is 1. The Labute approximate surface area is 193 Å². The predicted molar refractivity (Wildman–Crippen MR) is 124 cm³/mol. The molecule has 3 aromatic rings. The van der Waals surface area contributed by atoms with Gasteiger partial charge in [-0.3, -0.25) is 4.79 Å². The number of anilines is 1. The van der Waals surface area contributed by atoms with E-state index in [1.807, 2.05) is 38.1 Å². The number of carbonyl (C=O) groups is 1. The number of amides is 1. The molecule has 2 aromatic carbocycles. The number of hydrogen-bond acceptors (Lipinski definition) is 6. The van der Waals surface area contributed by atoms with Crippen molar-refractivity contribution in [3.63, 3.8) is 0 Å². The molecule has 1 amide bonds. The van der Waals surface area contributed by atoms with Gasteiger partial charge in [-0.2, -0.15) is 4.98 Å². The summed E-state index contributed by atoms with van der Waals surface area (Å²) in [4.78, 5) is 17.0. The van der Waals surface area contributed by atoms with Crippen LogP contribution in [0.2, 0.25) is 0 Å². The van der Waals surface area contributed by atoms with Gasteiger partial charge in [0.05, 0.1) is 4.90 Å². The van der Waals surface area contributed by atoms with Gasteiger partial charge in [0.15, 0.2) is 5.82 Å². The van der Waals surface area contributed by atoms with Gasteiger partial charge in [-0.1, -0.05) is 43.3 Å². The molecular formula is C24H28N4O4S. The summed E-state index contributed by atoms with van der Waals surface area (Å²) in [5.41, 5.74) is 2.65. The van der Waals surface area contributed by atoms with Crippen LogP contribution < -0.4 is 10.0 Å². The number of aryl methyl sites for hydroxylation is 1. The highest BCUT2D eigenvalue weighted by atomic mass is 32.2. The van der Waals surface area contributed by atoms with E-state index in [2.05, 4.69) is 20.2 Å². The van der Waals surface area contributed by atoms with Crippen LogP contribution in [0.15, 0.2) is 57.9 Å². The molecule has 0 spiro atoms. The highest BCUT2D eigenvalue weighted by Gasteiger charge is 2.27. The minimum absolute atomic E-state index is 0.0733. The maximum Gasteiger partial charge on any atom is 0.240 e. The van der Waals surface area contributed by atoms with Crippen molar-refractivity contribution in [1.82, 2.24) is 14.9 Å². The molecular weight excluding hydrogens is 440 g/mol. The number of rotatable bonds is 10. The maximum absolute atomic E-state index is 12.3. The molecule has 0 radical (unpaired) electrons. The number of nitrogens with one attached hydrogen (secondary N) is 2. The molecule has 0 aliphatic heterocycles. The zero-order valence-corrected chi connectivity index (χ0v) is 19.6. The van der Waals surface area contributed by atoms with Crippen molar-refractivity contribution in [1.29, 1.82) is 0 Å². The van der Waals surface area contributed by atoms with Crippen LogP contribution in [0.5, 0.6) is 0 Å². The lowest BCUT2D eigenvalue weighted by Crippen LogP contribution is -2.25. The van der Waals surface area contributed by atoms with E-state index in [9.17, 15) is 13.2 Å². The van der Waals surface area contributed by atoms with Crippen LogP contribution in [0.3, 0.4) is 0 Å². The second kappa shape index (κ2) is 9.84. The van der Waals surface area contributed by atoms with Crippen LogP contribution in [0.25, 0.3) is 0 Å². The molecule has 33 heavy (non-hydrogen) atoms. The molecule has 1 fully saturated rings. The molecule has 2 N–H and O–H groups in total. The van der Waals surface area contributed by atoms with Gasteiger partial charge < -0.3 is 9.84 Å². The van der Waals surface area contributed by atoms with E-state index in [4.69, 9.17) is 4.52 Å². The molecule has 1 aliphatic carbocycles. The maximum atomic E-state index is 12.3. The van der Waals surface area contributed by atoms with E-state index >= 15 is 0 Å². The summed E-state index contributed by atoms with van der Waals surface area (Å²) in [5, 5.41) is 6.89. The topological polar surface area (TPSA) is 114 Å². The van der Waals surface area contributed by atoms with Gasteiger partial charge in [0.25, 0.3) is 0 Å². The van der Waals surface area contributed by atoms with Crippen molar-refractivity contribution < 1.29 is 17.7 Å². The van der Waals surface area contributed by atoms with E-state index in [-0.39, 0.29) is 22.8 Å². The molecule has 0 bridgehead atoms. The zero-order chi connectivity index (χ0) is 23.4. The van der Waals surface area contributed by atoms with Crippen molar-refractivity contribution in [2.45, 2.75) is 62.8 Å². The quantitative estimate of drug-likeness (QED) is 0.468. The first-order chi connectivity index (χ1) is 15.8. The fraction of sp³-hybridized carbons (Fsp3) is 0.375. The van der Waals surface area contributed by atoms with E-state index < -0.39 is 10.0 Å². The van der Waals surface area contributed by atoms with Crippen LogP contribution >= 0.6 is 0 Å². The summed E-state index contributed by atoms with van der Waals surface area (Å²) in [6.45, 7) is 4.00. The van der Waals surface area contributed by atoms with Crippen LogP contribution in [0, 0.1) is 0 Å². The molecule has 1 aromatic heterocycles. The van der Waals surface area contributed by atoms with Gasteiger partial charge in [0.1, 0.15) is 0 Å². The van der Waals surface area contributed by atoms with E-state index in [1.54, 1.807) is 24.3 Å². The van der Waals surface area contributed by atoms with E-state index in [0.717, 1.165) is 24.0 Å². The average molecular weight is 469 g/mol. The smallest absolute Gasteiger partial charge is 0.240 e. The van der Waals surface area contributed by atoms with Gasteiger partial charge in [0.2, 0.25) is 21.8 Å². The first-order valence-corrected chi connectivity index (χ1v) is 12.6. The Balaban J connectivity index is 1.25. The first kappa shape index (κ1) is 23.1. The lowest BCUT2D eigenvalue weighted by Gasteiger charge is -2.08. The molecule has 9 heteroatoms. The van der Waals surface area contributed by atoms with Crippen molar-refractivity contribution >= 4 is 21.6 Å². The highest BCUT2D eigenvalue weighted by molar-refractivity contribution is 7.89. The Kier molecular flexibility index (Phi) is 6.90. The third-order valence-electron chi connectivity index (χ3n) is 5.35. The molecule has 1 saturated carbocycles. The highest BCUT2D eigenvalue weighted by Crippen LogP contribution is 2.22. The largest absolute Gasteiger partial charge is 0.339 e. The third kappa shape index (κ3) is 6.49. The van der Waals surface area contributed by atoms with Gasteiger partial charge in [-0.05, 0) is 54.7 Å².